The maximum Gasteiger partial charge on any atom is 0.415 e. The third-order valence-electron chi connectivity index (χ3n) is 5.85. The Hall–Kier alpha value is -3.06. The van der Waals surface area contributed by atoms with E-state index >= 15 is 4.39 Å². The summed E-state index contributed by atoms with van der Waals surface area (Å²) in [6, 6.07) is 4.71. The first-order valence-electron chi connectivity index (χ1n) is 10.7. The van der Waals surface area contributed by atoms with Gasteiger partial charge in [0.05, 0.1) is 5.02 Å². The summed E-state index contributed by atoms with van der Waals surface area (Å²) < 4.78 is 77.8. The number of alkyl halides is 2. The number of aromatic nitrogens is 1. The number of pyridine rings is 1. The molecule has 0 bridgehead atoms. The topological polar surface area (TPSA) is 121 Å². The third kappa shape index (κ3) is 4.57. The molecular formula is C22H22ClF3N4O5S. The van der Waals surface area contributed by atoms with Crippen molar-refractivity contribution in [2.45, 2.75) is 55.8 Å². The van der Waals surface area contributed by atoms with Crippen LogP contribution in [0.15, 0.2) is 46.5 Å². The Balaban J connectivity index is 1.81. The first-order chi connectivity index (χ1) is 16.7. The second-order valence-corrected chi connectivity index (χ2v) is 11.5. The summed E-state index contributed by atoms with van der Waals surface area (Å²) in [5.41, 5.74) is -4.41. The molecule has 1 saturated carbocycles. The Morgan fingerprint density at radius 1 is 1.31 bits per heavy atom. The predicted molar refractivity (Wildman–Crippen MR) is 124 cm³/mol. The smallest absolute Gasteiger partial charge is 0.415 e. The summed E-state index contributed by atoms with van der Waals surface area (Å²) in [6.45, 7) is 4.57. The Labute approximate surface area is 210 Å². The molecule has 14 heteroatoms. The van der Waals surface area contributed by atoms with E-state index in [0.717, 1.165) is 30.5 Å². The largest absolute Gasteiger partial charge is 0.465 e. The Morgan fingerprint density at radius 2 is 2.00 bits per heavy atom. The van der Waals surface area contributed by atoms with E-state index in [-0.39, 0.29) is 17.1 Å². The van der Waals surface area contributed by atoms with E-state index in [1.165, 1.54) is 26.8 Å². The molecule has 1 amide bonds. The summed E-state index contributed by atoms with van der Waals surface area (Å²) in [7, 11) is -4.26. The minimum Gasteiger partial charge on any atom is -0.465 e. The molecule has 0 spiro atoms. The Bertz CT molecular complexity index is 1330. The van der Waals surface area contributed by atoms with E-state index in [9.17, 15) is 27.1 Å². The first kappa shape index (κ1) is 26.0. The molecule has 2 aromatic rings. The van der Waals surface area contributed by atoms with Crippen LogP contribution in [0.2, 0.25) is 5.02 Å². The lowest BCUT2D eigenvalue weighted by Crippen LogP contribution is -2.53. The molecule has 4 rings (SSSR count). The molecule has 194 valence electrons. The van der Waals surface area contributed by atoms with Crippen molar-refractivity contribution >= 4 is 39.4 Å². The third-order valence-corrected chi connectivity index (χ3v) is 7.37. The number of amides is 1. The monoisotopic (exact) mass is 546 g/mol. The zero-order valence-corrected chi connectivity index (χ0v) is 20.8. The van der Waals surface area contributed by atoms with Crippen LogP contribution < -0.4 is 4.72 Å². The highest BCUT2D eigenvalue weighted by molar-refractivity contribution is 7.92. The molecule has 3 atom stereocenters. The minimum absolute atomic E-state index is 0.0824. The van der Waals surface area contributed by atoms with Crippen molar-refractivity contribution < 1.29 is 36.2 Å². The molecule has 9 nitrogen and oxygen atoms in total. The molecule has 36 heavy (non-hydrogen) atoms. The van der Waals surface area contributed by atoms with E-state index in [1.54, 1.807) is 0 Å². The number of rotatable bonds is 5. The number of halogens is 4. The van der Waals surface area contributed by atoms with Crippen LogP contribution in [0.5, 0.6) is 0 Å². The molecule has 2 aliphatic rings. The number of hydrogen-bond acceptors (Lipinski definition) is 6. The number of fused-ring (bicyclic) bond motifs is 1. The highest BCUT2D eigenvalue weighted by Crippen LogP contribution is 2.57. The standard InChI is InChI=1S/C22H22ClF3N4O5S/c1-21(2,3)30(20(31)32)19-28-22(18(25)26,14-9-16(14)35-19)13-8-12(5-6-15(13)24)29-36(33,34)17-7-4-11(23)10-27-17/h4-8,10,14,16,18,29H,9H2,1-3H3,(H,31,32)/t14-,16+,22+/m0/s1. The van der Waals surface area contributed by atoms with Gasteiger partial charge in [-0.15, -0.1) is 0 Å². The van der Waals surface area contributed by atoms with Crippen molar-refractivity contribution in [3.05, 3.63) is 52.9 Å². The summed E-state index contributed by atoms with van der Waals surface area (Å²) in [6.07, 6.45) is -4.36. The number of anilines is 1. The van der Waals surface area contributed by atoms with Gasteiger partial charge in [-0.3, -0.25) is 4.72 Å². The highest BCUT2D eigenvalue weighted by Gasteiger charge is 2.65. The Morgan fingerprint density at radius 3 is 2.56 bits per heavy atom. The number of carbonyl (C=O) groups is 1. The van der Waals surface area contributed by atoms with Crippen LogP contribution in [-0.2, 0) is 20.3 Å². The average molecular weight is 547 g/mol. The molecule has 2 N–H and O–H groups in total. The number of ether oxygens (including phenoxy) is 1. The van der Waals surface area contributed by atoms with Crippen LogP contribution in [-0.4, -0.2) is 53.6 Å². The van der Waals surface area contributed by atoms with Gasteiger partial charge >= 0.3 is 6.09 Å². The molecule has 0 radical (unpaired) electrons. The normalized spacial score (nSPS) is 23.4. The van der Waals surface area contributed by atoms with Crippen molar-refractivity contribution in [1.82, 2.24) is 9.88 Å². The SMILES string of the molecule is CC(C)(C)N(C(=O)O)C1=N[C@@](c2cc(NS(=O)(=O)c3ccc(Cl)cn3)ccc2F)(C(F)F)[C@H]2C[C@H]2O1. The molecular weight excluding hydrogens is 525 g/mol. The van der Waals surface area contributed by atoms with Crippen molar-refractivity contribution in [2.24, 2.45) is 10.9 Å². The lowest BCUT2D eigenvalue weighted by Gasteiger charge is -2.39. The van der Waals surface area contributed by atoms with E-state index in [1.807, 2.05) is 0 Å². The fourth-order valence-corrected chi connectivity index (χ4v) is 5.23. The second kappa shape index (κ2) is 8.80. The van der Waals surface area contributed by atoms with Gasteiger partial charge in [-0.05, 0) is 57.5 Å². The number of nitrogens with zero attached hydrogens (tertiary/aromatic N) is 3. The van der Waals surface area contributed by atoms with Gasteiger partial charge < -0.3 is 9.84 Å². The van der Waals surface area contributed by atoms with Gasteiger partial charge in [-0.1, -0.05) is 11.6 Å². The zero-order chi connectivity index (χ0) is 26.6. The minimum atomic E-state index is -4.26. The molecule has 2 heterocycles. The fraction of sp³-hybridized carbons (Fsp3) is 0.409. The first-order valence-corrected chi connectivity index (χ1v) is 12.5. The summed E-state index contributed by atoms with van der Waals surface area (Å²) in [5.74, 6) is -2.01. The van der Waals surface area contributed by atoms with Gasteiger partial charge in [0.15, 0.2) is 10.6 Å². The van der Waals surface area contributed by atoms with E-state index in [4.69, 9.17) is 16.3 Å². The molecule has 0 saturated heterocycles. The van der Waals surface area contributed by atoms with Crippen molar-refractivity contribution in [3.8, 4) is 0 Å². The van der Waals surface area contributed by atoms with Gasteiger partial charge in [0.1, 0.15) is 11.9 Å². The molecule has 0 unspecified atom stereocenters. The van der Waals surface area contributed by atoms with Gasteiger partial charge in [-0.2, -0.15) is 8.42 Å². The van der Waals surface area contributed by atoms with Crippen LogP contribution in [0.1, 0.15) is 32.8 Å². The van der Waals surface area contributed by atoms with Crippen LogP contribution in [0.3, 0.4) is 0 Å². The summed E-state index contributed by atoms with van der Waals surface area (Å²) >= 11 is 5.74. The van der Waals surface area contributed by atoms with Crippen molar-refractivity contribution in [2.75, 3.05) is 4.72 Å². The van der Waals surface area contributed by atoms with Gasteiger partial charge in [-0.25, -0.2) is 32.8 Å². The number of carboxylic acid groups (broad SMARTS) is 1. The maximum absolute atomic E-state index is 15.1. The molecule has 1 aliphatic heterocycles. The number of nitrogens with one attached hydrogen (secondary N) is 1. The van der Waals surface area contributed by atoms with Gasteiger partial charge in [0.2, 0.25) is 0 Å². The van der Waals surface area contributed by atoms with Crippen LogP contribution >= 0.6 is 11.6 Å². The molecule has 1 aromatic carbocycles. The maximum atomic E-state index is 15.1. The highest BCUT2D eigenvalue weighted by atomic mass is 35.5. The lowest BCUT2D eigenvalue weighted by atomic mass is 9.84. The zero-order valence-electron chi connectivity index (χ0n) is 19.2. The number of benzene rings is 1. The number of hydrogen-bond donors (Lipinski definition) is 2. The molecule has 1 aliphatic carbocycles. The average Bonchev–Trinajstić information content (AvgIpc) is 3.53. The van der Waals surface area contributed by atoms with Crippen molar-refractivity contribution in [1.29, 1.82) is 0 Å². The molecule has 1 aromatic heterocycles. The predicted octanol–water partition coefficient (Wildman–Crippen LogP) is 4.69. The van der Waals surface area contributed by atoms with E-state index in [2.05, 4.69) is 14.7 Å². The van der Waals surface area contributed by atoms with E-state index < -0.39 is 68.1 Å². The second-order valence-electron chi connectivity index (χ2n) is 9.42. The number of amidine groups is 1. The van der Waals surface area contributed by atoms with Crippen LogP contribution in [0.25, 0.3) is 0 Å². The fourth-order valence-electron chi connectivity index (χ4n) is 4.14. The quantitative estimate of drug-likeness (QED) is 0.561. The summed E-state index contributed by atoms with van der Waals surface area (Å²) in [5, 5.41) is 9.52. The Kier molecular flexibility index (Phi) is 6.36. The van der Waals surface area contributed by atoms with Crippen LogP contribution in [0.4, 0.5) is 23.7 Å². The number of aliphatic imine (C=N–C) groups is 1. The van der Waals surface area contributed by atoms with E-state index in [0.29, 0.717) is 4.90 Å². The number of sulfonamides is 1. The summed E-state index contributed by atoms with van der Waals surface area (Å²) in [4.78, 5) is 20.4. The van der Waals surface area contributed by atoms with Crippen LogP contribution in [0, 0.1) is 11.7 Å². The van der Waals surface area contributed by atoms with Gasteiger partial charge in [0, 0.05) is 28.9 Å². The van der Waals surface area contributed by atoms with Gasteiger partial charge in [0.25, 0.3) is 22.5 Å². The molecule has 1 fully saturated rings. The van der Waals surface area contributed by atoms with Crippen molar-refractivity contribution in [3.63, 3.8) is 0 Å². The lowest BCUT2D eigenvalue weighted by molar-refractivity contribution is 0.00938.